The van der Waals surface area contributed by atoms with Crippen molar-refractivity contribution < 1.29 is 34.1 Å². The molecule has 0 unspecified atom stereocenters. The molecule has 0 aromatic heterocycles. The molecule has 0 aliphatic heterocycles. The predicted molar refractivity (Wildman–Crippen MR) is 130 cm³/mol. The Hall–Kier alpha value is -3.59. The van der Waals surface area contributed by atoms with Crippen LogP contribution in [0.3, 0.4) is 0 Å². The molecule has 2 aromatic carbocycles. The largest absolute Gasteiger partial charge is 0.508 e. The normalized spacial score (nSPS) is 12.9. The van der Waals surface area contributed by atoms with E-state index in [1.165, 1.54) is 20.3 Å². The van der Waals surface area contributed by atoms with Gasteiger partial charge < -0.3 is 30.3 Å². The lowest BCUT2D eigenvalue weighted by molar-refractivity contribution is -0.145. The van der Waals surface area contributed by atoms with Gasteiger partial charge in [0.1, 0.15) is 17.5 Å². The van der Waals surface area contributed by atoms with Crippen molar-refractivity contribution >= 4 is 17.8 Å². The Labute approximate surface area is 205 Å². The molecule has 9 heteroatoms. The Kier molecular flexibility index (Phi) is 10.1. The number of ether oxygens (including phenoxy) is 2. The van der Waals surface area contributed by atoms with Gasteiger partial charge in [-0.3, -0.25) is 9.59 Å². The summed E-state index contributed by atoms with van der Waals surface area (Å²) >= 11 is 0. The average Bonchev–Trinajstić information content (AvgIpc) is 2.82. The number of aromatic hydroxyl groups is 1. The van der Waals surface area contributed by atoms with Crippen LogP contribution in [0, 0.1) is 0 Å². The van der Waals surface area contributed by atoms with Gasteiger partial charge in [-0.15, -0.1) is 0 Å². The minimum atomic E-state index is -1.15. The Morgan fingerprint density at radius 1 is 1.03 bits per heavy atom. The summed E-state index contributed by atoms with van der Waals surface area (Å²) in [5.74, 6) is -1.75. The number of aliphatic carboxylic acids is 1. The molecule has 0 fully saturated rings. The van der Waals surface area contributed by atoms with E-state index in [0.29, 0.717) is 24.3 Å². The number of phenolic OH excluding ortho intramolecular Hbond substituents is 1. The van der Waals surface area contributed by atoms with Crippen LogP contribution in [-0.4, -0.2) is 60.9 Å². The molecule has 0 aliphatic carbocycles. The number of carboxylic acids is 1. The van der Waals surface area contributed by atoms with Crippen molar-refractivity contribution in [3.8, 4) is 11.5 Å². The minimum Gasteiger partial charge on any atom is -0.508 e. The third kappa shape index (κ3) is 8.29. The van der Waals surface area contributed by atoms with Gasteiger partial charge >= 0.3 is 11.9 Å². The zero-order valence-corrected chi connectivity index (χ0v) is 20.5. The third-order valence-electron chi connectivity index (χ3n) is 5.85. The fraction of sp³-hybridized carbons (Fsp3) is 0.423. The van der Waals surface area contributed by atoms with Gasteiger partial charge in [0.05, 0.1) is 26.7 Å². The van der Waals surface area contributed by atoms with E-state index in [-0.39, 0.29) is 12.2 Å². The summed E-state index contributed by atoms with van der Waals surface area (Å²) in [6, 6.07) is 12.2. The highest BCUT2D eigenvalue weighted by Crippen LogP contribution is 2.35. The van der Waals surface area contributed by atoms with Crippen LogP contribution in [0.1, 0.15) is 37.8 Å². The molecule has 9 nitrogen and oxygen atoms in total. The SMILES string of the molecule is COC(=O)[C@H](Cc1ccccc1)NC(=O)[C@@H](CC(=O)O)NCCC(C)(C)c1ccc(OC)cc1O. The second-order valence-corrected chi connectivity index (χ2v) is 8.90. The maximum atomic E-state index is 13.0. The molecule has 0 spiro atoms. The number of methoxy groups -OCH3 is 2. The van der Waals surface area contributed by atoms with E-state index < -0.39 is 41.8 Å². The number of phenols is 1. The summed E-state index contributed by atoms with van der Waals surface area (Å²) in [6.45, 7) is 4.18. The van der Waals surface area contributed by atoms with Crippen molar-refractivity contribution in [2.75, 3.05) is 20.8 Å². The Balaban J connectivity index is 2.07. The monoisotopic (exact) mass is 486 g/mol. The zero-order valence-electron chi connectivity index (χ0n) is 20.5. The number of carboxylic acid groups (broad SMARTS) is 1. The van der Waals surface area contributed by atoms with Crippen molar-refractivity contribution in [2.45, 2.75) is 50.6 Å². The van der Waals surface area contributed by atoms with Crippen LogP contribution < -0.4 is 15.4 Å². The summed E-state index contributed by atoms with van der Waals surface area (Å²) in [4.78, 5) is 36.6. The number of esters is 1. The van der Waals surface area contributed by atoms with Crippen LogP contribution in [0.25, 0.3) is 0 Å². The quantitative estimate of drug-likeness (QED) is 0.317. The van der Waals surface area contributed by atoms with E-state index in [0.717, 1.165) is 5.56 Å². The summed E-state index contributed by atoms with van der Waals surface area (Å²) < 4.78 is 9.95. The van der Waals surface area contributed by atoms with Crippen LogP contribution >= 0.6 is 0 Å². The first-order valence-corrected chi connectivity index (χ1v) is 11.3. The van der Waals surface area contributed by atoms with Crippen molar-refractivity contribution in [3.05, 3.63) is 59.7 Å². The van der Waals surface area contributed by atoms with Crippen LogP contribution in [0.4, 0.5) is 0 Å². The number of rotatable bonds is 13. The third-order valence-corrected chi connectivity index (χ3v) is 5.85. The summed E-state index contributed by atoms with van der Waals surface area (Å²) in [7, 11) is 2.75. The van der Waals surface area contributed by atoms with Gasteiger partial charge in [0.25, 0.3) is 0 Å². The first-order chi connectivity index (χ1) is 16.6. The number of carbonyl (C=O) groups excluding carboxylic acids is 2. The van der Waals surface area contributed by atoms with E-state index in [1.807, 2.05) is 44.2 Å². The molecule has 0 heterocycles. The van der Waals surface area contributed by atoms with Crippen molar-refractivity contribution in [1.82, 2.24) is 10.6 Å². The molecule has 2 aromatic rings. The minimum absolute atomic E-state index is 0.0935. The molecular formula is C26H34N2O7. The average molecular weight is 487 g/mol. The molecule has 0 aliphatic rings. The molecule has 1 amide bonds. The van der Waals surface area contributed by atoms with Crippen LogP contribution in [-0.2, 0) is 31.0 Å². The molecule has 0 saturated heterocycles. The number of nitrogens with one attached hydrogen (secondary N) is 2. The highest BCUT2D eigenvalue weighted by Gasteiger charge is 2.29. The molecule has 0 saturated carbocycles. The fourth-order valence-corrected chi connectivity index (χ4v) is 3.79. The standard InChI is InChI=1S/C26H34N2O7/c1-26(2,19-11-10-18(34-3)15-22(19)29)12-13-27-20(16-23(30)31)24(32)28-21(25(33)35-4)14-17-8-6-5-7-9-17/h5-11,15,20-21,27,29H,12-14,16H2,1-4H3,(H,28,32)(H,30,31)/t20-,21+/m1/s1. The Morgan fingerprint density at radius 3 is 2.29 bits per heavy atom. The molecule has 0 bridgehead atoms. The maximum Gasteiger partial charge on any atom is 0.328 e. The number of amides is 1. The topological polar surface area (TPSA) is 134 Å². The van der Waals surface area contributed by atoms with Crippen LogP contribution in [0.5, 0.6) is 11.5 Å². The lowest BCUT2D eigenvalue weighted by atomic mass is 9.81. The summed E-state index contributed by atoms with van der Waals surface area (Å²) in [5, 5.41) is 25.3. The molecular weight excluding hydrogens is 452 g/mol. The van der Waals surface area contributed by atoms with Gasteiger partial charge in [-0.05, 0) is 35.6 Å². The van der Waals surface area contributed by atoms with Gasteiger partial charge in [-0.25, -0.2) is 4.79 Å². The summed E-state index contributed by atoms with van der Waals surface area (Å²) in [6.07, 6.45) is 0.253. The van der Waals surface area contributed by atoms with Crippen molar-refractivity contribution in [3.63, 3.8) is 0 Å². The van der Waals surface area contributed by atoms with Gasteiger partial charge in [0.2, 0.25) is 5.91 Å². The second-order valence-electron chi connectivity index (χ2n) is 8.90. The lowest BCUT2D eigenvalue weighted by Gasteiger charge is -2.28. The van der Waals surface area contributed by atoms with Gasteiger partial charge in [-0.1, -0.05) is 50.2 Å². The molecule has 35 heavy (non-hydrogen) atoms. The maximum absolute atomic E-state index is 13.0. The molecule has 2 rings (SSSR count). The van der Waals surface area contributed by atoms with Crippen molar-refractivity contribution in [1.29, 1.82) is 0 Å². The van der Waals surface area contributed by atoms with Gasteiger partial charge in [0, 0.05) is 12.5 Å². The Morgan fingerprint density at radius 2 is 1.71 bits per heavy atom. The molecule has 4 N–H and O–H groups in total. The van der Waals surface area contributed by atoms with Gasteiger partial charge in [-0.2, -0.15) is 0 Å². The first-order valence-electron chi connectivity index (χ1n) is 11.3. The zero-order chi connectivity index (χ0) is 26.0. The van der Waals surface area contributed by atoms with E-state index in [9.17, 15) is 24.6 Å². The fourth-order valence-electron chi connectivity index (χ4n) is 3.79. The molecule has 0 radical (unpaired) electrons. The van der Waals surface area contributed by atoms with Crippen LogP contribution in [0.15, 0.2) is 48.5 Å². The highest BCUT2D eigenvalue weighted by molar-refractivity contribution is 5.90. The number of hydrogen-bond donors (Lipinski definition) is 4. The lowest BCUT2D eigenvalue weighted by Crippen LogP contribution is -2.52. The highest BCUT2D eigenvalue weighted by atomic mass is 16.5. The van der Waals surface area contributed by atoms with E-state index in [2.05, 4.69) is 10.6 Å². The molecule has 2 atom stereocenters. The number of benzene rings is 2. The molecule has 190 valence electrons. The number of carbonyl (C=O) groups is 3. The first kappa shape index (κ1) is 27.7. The number of hydrogen-bond acceptors (Lipinski definition) is 7. The second kappa shape index (κ2) is 12.8. The predicted octanol–water partition coefficient (Wildman–Crippen LogP) is 2.40. The van der Waals surface area contributed by atoms with E-state index in [1.54, 1.807) is 12.1 Å². The van der Waals surface area contributed by atoms with Crippen LogP contribution in [0.2, 0.25) is 0 Å². The van der Waals surface area contributed by atoms with Crippen molar-refractivity contribution in [2.24, 2.45) is 0 Å². The van der Waals surface area contributed by atoms with E-state index >= 15 is 0 Å². The van der Waals surface area contributed by atoms with E-state index in [4.69, 9.17) is 9.47 Å². The Bertz CT molecular complexity index is 1010. The van der Waals surface area contributed by atoms with Gasteiger partial charge in [0.15, 0.2) is 0 Å². The smallest absolute Gasteiger partial charge is 0.328 e. The summed E-state index contributed by atoms with van der Waals surface area (Å²) in [5.41, 5.74) is 1.05.